The molecule has 182 valence electrons. The summed E-state index contributed by atoms with van der Waals surface area (Å²) >= 11 is 0. The van der Waals surface area contributed by atoms with E-state index >= 15 is 0 Å². The zero-order chi connectivity index (χ0) is 24.7. The number of fused-ring (bicyclic) bond motifs is 1. The van der Waals surface area contributed by atoms with Crippen molar-refractivity contribution in [1.29, 1.82) is 0 Å². The minimum Gasteiger partial charge on any atom is -0.341 e. The Morgan fingerprint density at radius 2 is 1.83 bits per heavy atom. The molecular formula is C27H32FN7. The van der Waals surface area contributed by atoms with Gasteiger partial charge in [-0.25, -0.2) is 9.97 Å². The molecule has 35 heavy (non-hydrogen) atoms. The molecule has 1 aromatic carbocycles. The average Bonchev–Trinajstić information content (AvgIpc) is 3.21. The molecule has 0 amide bonds. The Balaban J connectivity index is 1.45. The van der Waals surface area contributed by atoms with Gasteiger partial charge in [0.15, 0.2) is 11.5 Å². The maximum Gasteiger partial charge on any atom is 0.229 e. The van der Waals surface area contributed by atoms with Crippen LogP contribution in [-0.2, 0) is 12.5 Å². The molecular weight excluding hydrogens is 441 g/mol. The van der Waals surface area contributed by atoms with Gasteiger partial charge in [0.25, 0.3) is 0 Å². The zero-order valence-electron chi connectivity index (χ0n) is 21.0. The molecule has 0 aliphatic carbocycles. The lowest BCUT2D eigenvalue weighted by Crippen LogP contribution is -2.34. The first-order chi connectivity index (χ1) is 16.7. The van der Waals surface area contributed by atoms with Crippen LogP contribution in [0, 0.1) is 12.9 Å². The van der Waals surface area contributed by atoms with Gasteiger partial charge >= 0.3 is 0 Å². The molecule has 0 atom stereocenters. The fourth-order valence-electron chi connectivity index (χ4n) is 4.72. The number of pyridine rings is 1. The topological polar surface area (TPSA) is 71.8 Å². The number of anilines is 3. The van der Waals surface area contributed by atoms with Crippen molar-refractivity contribution in [1.82, 2.24) is 24.5 Å². The van der Waals surface area contributed by atoms with Crippen molar-refractivity contribution in [3.05, 3.63) is 65.5 Å². The maximum absolute atomic E-state index is 14.2. The van der Waals surface area contributed by atoms with E-state index in [4.69, 9.17) is 9.97 Å². The van der Waals surface area contributed by atoms with Gasteiger partial charge in [0.05, 0.1) is 6.33 Å². The van der Waals surface area contributed by atoms with Crippen LogP contribution >= 0.6 is 0 Å². The summed E-state index contributed by atoms with van der Waals surface area (Å²) < 4.78 is 16.1. The van der Waals surface area contributed by atoms with Crippen LogP contribution in [0.5, 0.6) is 0 Å². The molecule has 5 rings (SSSR count). The molecule has 0 radical (unpaired) electrons. The number of imidazole rings is 1. The number of halogens is 1. The molecule has 1 N–H and O–H groups in total. The Morgan fingerprint density at radius 3 is 2.54 bits per heavy atom. The second kappa shape index (κ2) is 8.91. The van der Waals surface area contributed by atoms with Gasteiger partial charge in [-0.05, 0) is 54.4 Å². The van der Waals surface area contributed by atoms with Crippen LogP contribution in [0.25, 0.3) is 11.2 Å². The van der Waals surface area contributed by atoms with E-state index in [-0.39, 0.29) is 17.3 Å². The SMILES string of the molecule is Cc1ccc(C(C)(C)C)cc1Nc1nc(N2CCC(c3cccnc3F)CC2)nc2ncn(C)c12. The summed E-state index contributed by atoms with van der Waals surface area (Å²) in [4.78, 5) is 20.2. The monoisotopic (exact) mass is 473 g/mol. The van der Waals surface area contributed by atoms with E-state index in [1.165, 1.54) is 11.8 Å². The molecule has 1 aliphatic rings. The second-order valence-corrected chi connectivity index (χ2v) is 10.4. The fourth-order valence-corrected chi connectivity index (χ4v) is 4.72. The molecule has 0 unspecified atom stereocenters. The Morgan fingerprint density at radius 1 is 1.06 bits per heavy atom. The lowest BCUT2D eigenvalue weighted by Gasteiger charge is -2.32. The lowest BCUT2D eigenvalue weighted by molar-refractivity contribution is 0.467. The van der Waals surface area contributed by atoms with Crippen LogP contribution < -0.4 is 10.2 Å². The maximum atomic E-state index is 14.2. The van der Waals surface area contributed by atoms with E-state index in [1.54, 1.807) is 12.4 Å². The van der Waals surface area contributed by atoms with Crippen molar-refractivity contribution in [3.63, 3.8) is 0 Å². The normalized spacial score (nSPS) is 15.1. The summed E-state index contributed by atoms with van der Waals surface area (Å²) in [6, 6.07) is 10.2. The number of nitrogens with one attached hydrogen (secondary N) is 1. The van der Waals surface area contributed by atoms with Crippen LogP contribution in [0.3, 0.4) is 0 Å². The third-order valence-corrected chi connectivity index (χ3v) is 6.92. The highest BCUT2D eigenvalue weighted by Gasteiger charge is 2.26. The minimum absolute atomic E-state index is 0.0426. The molecule has 1 fully saturated rings. The molecule has 4 heterocycles. The summed E-state index contributed by atoms with van der Waals surface area (Å²) in [5.41, 5.74) is 5.69. The third kappa shape index (κ3) is 4.57. The molecule has 1 saturated heterocycles. The highest BCUT2D eigenvalue weighted by molar-refractivity contribution is 5.87. The predicted molar refractivity (Wildman–Crippen MR) is 138 cm³/mol. The van der Waals surface area contributed by atoms with Gasteiger partial charge in [0, 0.05) is 37.6 Å². The smallest absolute Gasteiger partial charge is 0.229 e. The molecule has 0 saturated carbocycles. The van der Waals surface area contributed by atoms with E-state index in [9.17, 15) is 4.39 Å². The number of aryl methyl sites for hydroxylation is 2. The van der Waals surface area contributed by atoms with Crippen LogP contribution in [-0.4, -0.2) is 37.6 Å². The molecule has 0 bridgehead atoms. The quantitative estimate of drug-likeness (QED) is 0.387. The van der Waals surface area contributed by atoms with Crippen LogP contribution in [0.4, 0.5) is 21.8 Å². The molecule has 1 aliphatic heterocycles. The second-order valence-electron chi connectivity index (χ2n) is 10.4. The first kappa shape index (κ1) is 23.2. The van der Waals surface area contributed by atoms with Crippen molar-refractivity contribution >= 4 is 28.6 Å². The van der Waals surface area contributed by atoms with Crippen LogP contribution in [0.2, 0.25) is 0 Å². The van der Waals surface area contributed by atoms with Gasteiger partial charge in [-0.15, -0.1) is 0 Å². The van der Waals surface area contributed by atoms with E-state index in [0.29, 0.717) is 17.2 Å². The first-order valence-corrected chi connectivity index (χ1v) is 12.1. The highest BCUT2D eigenvalue weighted by atomic mass is 19.1. The Kier molecular flexibility index (Phi) is 5.91. The standard InChI is InChI=1S/C27H32FN7/c1-17-8-9-19(27(2,3)4)15-21(17)31-25-22-24(30-16-34(22)5)32-26(33-25)35-13-10-18(11-14-35)20-7-6-12-29-23(20)28/h6-9,12,15-16,18H,10-11,13-14H2,1-5H3,(H,31,32,33). The summed E-state index contributed by atoms with van der Waals surface area (Å²) in [5, 5.41) is 3.58. The average molecular weight is 474 g/mol. The number of piperidine rings is 1. The van der Waals surface area contributed by atoms with Crippen molar-refractivity contribution < 1.29 is 4.39 Å². The van der Waals surface area contributed by atoms with Gasteiger partial charge < -0.3 is 14.8 Å². The summed E-state index contributed by atoms with van der Waals surface area (Å²) in [7, 11) is 1.95. The Labute approximate surface area is 205 Å². The van der Waals surface area contributed by atoms with Gasteiger partial charge in [0.2, 0.25) is 11.9 Å². The van der Waals surface area contributed by atoms with E-state index in [2.05, 4.69) is 66.1 Å². The number of hydrogen-bond donors (Lipinski definition) is 1. The van der Waals surface area contributed by atoms with Gasteiger partial charge in [-0.3, -0.25) is 0 Å². The van der Waals surface area contributed by atoms with E-state index in [1.807, 2.05) is 17.7 Å². The number of rotatable bonds is 4. The van der Waals surface area contributed by atoms with E-state index in [0.717, 1.165) is 48.5 Å². The number of benzene rings is 1. The van der Waals surface area contributed by atoms with E-state index < -0.39 is 0 Å². The first-order valence-electron chi connectivity index (χ1n) is 12.1. The van der Waals surface area contributed by atoms with Gasteiger partial charge in [0.1, 0.15) is 5.52 Å². The fraction of sp³-hybridized carbons (Fsp3) is 0.407. The number of nitrogens with zero attached hydrogens (tertiary/aromatic N) is 6. The predicted octanol–water partition coefficient (Wildman–Crippen LogP) is 5.63. The summed E-state index contributed by atoms with van der Waals surface area (Å²) in [5.74, 6) is 1.17. The summed E-state index contributed by atoms with van der Waals surface area (Å²) in [6.07, 6.45) is 4.91. The largest absolute Gasteiger partial charge is 0.341 e. The zero-order valence-corrected chi connectivity index (χ0v) is 21.0. The highest BCUT2D eigenvalue weighted by Crippen LogP contribution is 2.33. The summed E-state index contributed by atoms with van der Waals surface area (Å²) in [6.45, 7) is 10.2. The molecule has 8 heteroatoms. The van der Waals surface area contributed by atoms with Crippen molar-refractivity contribution in [2.75, 3.05) is 23.3 Å². The van der Waals surface area contributed by atoms with Crippen molar-refractivity contribution in [2.24, 2.45) is 7.05 Å². The van der Waals surface area contributed by atoms with Crippen molar-refractivity contribution in [3.8, 4) is 0 Å². The third-order valence-electron chi connectivity index (χ3n) is 6.92. The Hall–Kier alpha value is -3.55. The molecule has 7 nitrogen and oxygen atoms in total. The van der Waals surface area contributed by atoms with Gasteiger partial charge in [-0.1, -0.05) is 39.0 Å². The lowest BCUT2D eigenvalue weighted by atomic mass is 9.86. The molecule has 3 aromatic heterocycles. The molecule has 4 aromatic rings. The minimum atomic E-state index is -0.364. The Bertz CT molecular complexity index is 1360. The van der Waals surface area contributed by atoms with Crippen molar-refractivity contribution in [2.45, 2.75) is 51.9 Å². The van der Waals surface area contributed by atoms with Crippen LogP contribution in [0.1, 0.15) is 56.2 Å². The van der Waals surface area contributed by atoms with Gasteiger partial charge in [-0.2, -0.15) is 14.4 Å². The number of aromatic nitrogens is 5. The molecule has 0 spiro atoms. The number of hydrogen-bond acceptors (Lipinski definition) is 6. The van der Waals surface area contributed by atoms with Crippen LogP contribution in [0.15, 0.2) is 42.9 Å².